The Kier molecular flexibility index (Phi) is 3.55. The summed E-state index contributed by atoms with van der Waals surface area (Å²) in [4.78, 5) is 15.6. The number of hydrogen-bond donors (Lipinski definition) is 2. The van der Waals surface area contributed by atoms with Gasteiger partial charge in [0.05, 0.1) is 5.41 Å². The van der Waals surface area contributed by atoms with Gasteiger partial charge in [0, 0.05) is 24.1 Å². The zero-order chi connectivity index (χ0) is 13.2. The van der Waals surface area contributed by atoms with Gasteiger partial charge in [0.15, 0.2) is 0 Å². The molecule has 0 saturated heterocycles. The monoisotopic (exact) mass is 248 g/mol. The fourth-order valence-electron chi connectivity index (χ4n) is 2.64. The molecule has 4 heteroatoms. The minimum atomic E-state index is -0.702. The highest BCUT2D eigenvalue weighted by Crippen LogP contribution is 2.38. The molecule has 1 aliphatic carbocycles. The van der Waals surface area contributed by atoms with Crippen molar-refractivity contribution in [3.63, 3.8) is 0 Å². The summed E-state index contributed by atoms with van der Waals surface area (Å²) in [6.07, 6.45) is 7.26. The molecule has 0 aliphatic heterocycles. The van der Waals surface area contributed by atoms with Crippen molar-refractivity contribution in [2.24, 2.45) is 5.41 Å². The van der Waals surface area contributed by atoms with Crippen LogP contribution in [0.25, 0.3) is 0 Å². The van der Waals surface area contributed by atoms with E-state index < -0.39 is 11.4 Å². The lowest BCUT2D eigenvalue weighted by Gasteiger charge is -2.39. The Morgan fingerprint density at radius 2 is 2.33 bits per heavy atom. The minimum absolute atomic E-state index is 0.00940. The summed E-state index contributed by atoms with van der Waals surface area (Å²) in [5.74, 6) is -0.702. The first kappa shape index (κ1) is 12.9. The van der Waals surface area contributed by atoms with E-state index >= 15 is 0 Å². The minimum Gasteiger partial charge on any atom is -0.481 e. The summed E-state index contributed by atoms with van der Waals surface area (Å²) in [6, 6.07) is 1.90. The zero-order valence-corrected chi connectivity index (χ0v) is 10.9. The van der Waals surface area contributed by atoms with E-state index in [2.05, 4.69) is 10.3 Å². The van der Waals surface area contributed by atoms with Crippen molar-refractivity contribution in [3.05, 3.63) is 24.0 Å². The summed E-state index contributed by atoms with van der Waals surface area (Å²) < 4.78 is 0. The summed E-state index contributed by atoms with van der Waals surface area (Å²) >= 11 is 0. The van der Waals surface area contributed by atoms with Gasteiger partial charge in [-0.05, 0) is 38.3 Å². The molecule has 0 aromatic carbocycles. The third-order valence-corrected chi connectivity index (χ3v) is 4.05. The number of pyridine rings is 1. The quantitative estimate of drug-likeness (QED) is 0.863. The molecule has 2 rings (SSSR count). The molecule has 4 nitrogen and oxygen atoms in total. The molecular formula is C14H20N2O2. The van der Waals surface area contributed by atoms with Crippen molar-refractivity contribution >= 4 is 11.7 Å². The van der Waals surface area contributed by atoms with Crippen LogP contribution in [0.2, 0.25) is 0 Å². The highest BCUT2D eigenvalue weighted by Gasteiger charge is 2.43. The molecule has 98 valence electrons. The van der Waals surface area contributed by atoms with Gasteiger partial charge in [0.2, 0.25) is 0 Å². The number of nitrogens with one attached hydrogen (secondary N) is 1. The van der Waals surface area contributed by atoms with Crippen LogP contribution >= 0.6 is 0 Å². The van der Waals surface area contributed by atoms with E-state index in [1.807, 2.05) is 19.9 Å². The molecule has 1 aliphatic rings. The molecule has 1 fully saturated rings. The van der Waals surface area contributed by atoms with E-state index in [-0.39, 0.29) is 6.04 Å². The van der Waals surface area contributed by atoms with Crippen LogP contribution in [0.1, 0.15) is 38.2 Å². The van der Waals surface area contributed by atoms with Crippen LogP contribution in [-0.2, 0) is 4.79 Å². The number of rotatable bonds is 3. The lowest BCUT2D eigenvalue weighted by Crippen LogP contribution is -2.46. The number of aliphatic carboxylic acids is 1. The first-order valence-electron chi connectivity index (χ1n) is 6.44. The Labute approximate surface area is 107 Å². The van der Waals surface area contributed by atoms with Crippen molar-refractivity contribution in [1.29, 1.82) is 0 Å². The smallest absolute Gasteiger partial charge is 0.311 e. The molecule has 0 radical (unpaired) electrons. The van der Waals surface area contributed by atoms with Gasteiger partial charge >= 0.3 is 5.97 Å². The fourth-order valence-corrected chi connectivity index (χ4v) is 2.64. The molecule has 1 aromatic rings. The second-order valence-corrected chi connectivity index (χ2v) is 5.36. The van der Waals surface area contributed by atoms with Gasteiger partial charge in [-0.3, -0.25) is 9.78 Å². The lowest BCUT2D eigenvalue weighted by molar-refractivity contribution is -0.150. The zero-order valence-electron chi connectivity index (χ0n) is 10.9. The highest BCUT2D eigenvalue weighted by molar-refractivity contribution is 5.76. The van der Waals surface area contributed by atoms with Crippen LogP contribution in [0.3, 0.4) is 0 Å². The van der Waals surface area contributed by atoms with Crippen molar-refractivity contribution < 1.29 is 9.90 Å². The maximum absolute atomic E-state index is 11.5. The van der Waals surface area contributed by atoms with Gasteiger partial charge in [-0.1, -0.05) is 12.8 Å². The van der Waals surface area contributed by atoms with Gasteiger partial charge in [0.1, 0.15) is 0 Å². The Bertz CT molecular complexity index is 447. The second-order valence-electron chi connectivity index (χ2n) is 5.36. The molecule has 2 unspecified atom stereocenters. The number of aromatic nitrogens is 1. The van der Waals surface area contributed by atoms with Crippen LogP contribution in [0.15, 0.2) is 18.5 Å². The van der Waals surface area contributed by atoms with Crippen LogP contribution in [0.5, 0.6) is 0 Å². The largest absolute Gasteiger partial charge is 0.481 e. The number of carboxylic acids is 1. The Balaban J connectivity index is 2.21. The molecule has 2 atom stereocenters. The molecule has 0 bridgehead atoms. The molecule has 18 heavy (non-hydrogen) atoms. The van der Waals surface area contributed by atoms with Crippen molar-refractivity contribution in [3.8, 4) is 0 Å². The first-order valence-corrected chi connectivity index (χ1v) is 6.44. The van der Waals surface area contributed by atoms with Crippen molar-refractivity contribution in [2.75, 3.05) is 5.32 Å². The van der Waals surface area contributed by atoms with E-state index in [1.54, 1.807) is 12.4 Å². The van der Waals surface area contributed by atoms with Crippen LogP contribution in [-0.4, -0.2) is 22.1 Å². The van der Waals surface area contributed by atoms with E-state index in [4.69, 9.17) is 0 Å². The second kappa shape index (κ2) is 4.96. The molecule has 1 saturated carbocycles. The van der Waals surface area contributed by atoms with E-state index in [0.29, 0.717) is 0 Å². The average Bonchev–Trinajstić information content (AvgIpc) is 2.34. The maximum atomic E-state index is 11.5. The summed E-state index contributed by atoms with van der Waals surface area (Å²) in [5, 5.41) is 12.9. The molecule has 1 aromatic heterocycles. The molecule has 0 amide bonds. The van der Waals surface area contributed by atoms with Gasteiger partial charge in [-0.15, -0.1) is 0 Å². The predicted molar refractivity (Wildman–Crippen MR) is 70.6 cm³/mol. The SMILES string of the molecule is Cc1cnccc1NC1CCCCC1(C)C(=O)O. The van der Waals surface area contributed by atoms with Crippen LogP contribution in [0, 0.1) is 12.3 Å². The van der Waals surface area contributed by atoms with E-state index in [1.165, 1.54) is 0 Å². The fraction of sp³-hybridized carbons (Fsp3) is 0.571. The maximum Gasteiger partial charge on any atom is 0.311 e. The van der Waals surface area contributed by atoms with Crippen molar-refractivity contribution in [1.82, 2.24) is 4.98 Å². The lowest BCUT2D eigenvalue weighted by atomic mass is 9.71. The van der Waals surface area contributed by atoms with Crippen molar-refractivity contribution in [2.45, 2.75) is 45.6 Å². The topological polar surface area (TPSA) is 62.2 Å². The number of nitrogens with zero attached hydrogens (tertiary/aromatic N) is 1. The third kappa shape index (κ3) is 2.33. The number of anilines is 1. The number of carbonyl (C=O) groups is 1. The Hall–Kier alpha value is -1.58. The standard InChI is InChI=1S/C14H20N2O2/c1-10-9-15-8-6-11(10)16-12-5-3-4-7-14(12,2)13(17)18/h6,8-9,12H,3-5,7H2,1-2H3,(H,15,16)(H,17,18). The number of hydrogen-bond acceptors (Lipinski definition) is 3. The number of aryl methyl sites for hydroxylation is 1. The summed E-state index contributed by atoms with van der Waals surface area (Å²) in [7, 11) is 0. The van der Waals surface area contributed by atoms with Crippen LogP contribution < -0.4 is 5.32 Å². The predicted octanol–water partition coefficient (Wildman–Crippen LogP) is 2.84. The molecule has 2 N–H and O–H groups in total. The Morgan fingerprint density at radius 1 is 1.56 bits per heavy atom. The van der Waals surface area contributed by atoms with Gasteiger partial charge in [-0.2, -0.15) is 0 Å². The molecular weight excluding hydrogens is 228 g/mol. The van der Waals surface area contributed by atoms with Gasteiger partial charge < -0.3 is 10.4 Å². The first-order chi connectivity index (χ1) is 8.54. The molecule has 1 heterocycles. The highest BCUT2D eigenvalue weighted by atomic mass is 16.4. The van der Waals surface area contributed by atoms with Gasteiger partial charge in [-0.25, -0.2) is 0 Å². The average molecular weight is 248 g/mol. The summed E-state index contributed by atoms with van der Waals surface area (Å²) in [6.45, 7) is 3.83. The third-order valence-electron chi connectivity index (χ3n) is 4.05. The normalized spacial score (nSPS) is 27.8. The van der Waals surface area contributed by atoms with Crippen LogP contribution in [0.4, 0.5) is 5.69 Å². The number of carboxylic acid groups (broad SMARTS) is 1. The molecule has 0 spiro atoms. The Morgan fingerprint density at radius 3 is 3.00 bits per heavy atom. The summed E-state index contributed by atoms with van der Waals surface area (Å²) in [5.41, 5.74) is 1.37. The van der Waals surface area contributed by atoms with Gasteiger partial charge in [0.25, 0.3) is 0 Å². The van der Waals surface area contributed by atoms with E-state index in [0.717, 1.165) is 36.9 Å². The van der Waals surface area contributed by atoms with E-state index in [9.17, 15) is 9.90 Å².